The molecule has 0 spiro atoms. The van der Waals surface area contributed by atoms with Crippen LogP contribution in [-0.2, 0) is 4.74 Å². The third kappa shape index (κ3) is 3.65. The second-order valence-corrected chi connectivity index (χ2v) is 6.06. The predicted octanol–water partition coefficient (Wildman–Crippen LogP) is 0.514. The first-order valence-electron chi connectivity index (χ1n) is 6.92. The zero-order valence-electron chi connectivity index (χ0n) is 11.3. The van der Waals surface area contributed by atoms with Crippen LogP contribution in [-0.4, -0.2) is 73.7 Å². The summed E-state index contributed by atoms with van der Waals surface area (Å²) in [5, 5.41) is 10.3. The number of quaternary nitrogens is 1. The first-order valence-corrected chi connectivity index (χ1v) is 6.92. The highest BCUT2D eigenvalue weighted by molar-refractivity contribution is 4.71. The molecule has 2 heterocycles. The lowest BCUT2D eigenvalue weighted by molar-refractivity contribution is -0.921. The second-order valence-electron chi connectivity index (χ2n) is 6.06. The van der Waals surface area contributed by atoms with Crippen molar-refractivity contribution in [3.05, 3.63) is 0 Å². The minimum absolute atomic E-state index is 0.273. The Bertz CT molecular complexity index is 234. The Morgan fingerprint density at radius 3 is 2.47 bits per heavy atom. The summed E-state index contributed by atoms with van der Waals surface area (Å²) >= 11 is 0. The normalized spacial score (nSPS) is 29.1. The Balaban J connectivity index is 1.81. The summed E-state index contributed by atoms with van der Waals surface area (Å²) in [5.74, 6) is 0.826. The number of ether oxygens (including phenoxy) is 1. The number of aliphatic hydroxyl groups is 1. The fraction of sp³-hybridized carbons (Fsp3) is 1.00. The lowest BCUT2D eigenvalue weighted by Crippen LogP contribution is -2.58. The van der Waals surface area contributed by atoms with Crippen LogP contribution in [0.2, 0.25) is 0 Å². The van der Waals surface area contributed by atoms with Crippen LogP contribution in [0, 0.1) is 5.92 Å². The average molecular weight is 243 g/mol. The Morgan fingerprint density at radius 2 is 1.88 bits per heavy atom. The van der Waals surface area contributed by atoms with E-state index in [1.54, 1.807) is 0 Å². The smallest absolute Gasteiger partial charge is 0.157 e. The SMILES string of the molecule is CC1CCN(C(O)C[N+]2(C)CCOCC2)CC1. The molecule has 0 aromatic heterocycles. The van der Waals surface area contributed by atoms with Crippen LogP contribution in [0.3, 0.4) is 0 Å². The number of aliphatic hydroxyl groups excluding tert-OH is 1. The van der Waals surface area contributed by atoms with Crippen molar-refractivity contribution in [2.75, 3.05) is 53.0 Å². The van der Waals surface area contributed by atoms with Gasteiger partial charge in [0.2, 0.25) is 0 Å². The van der Waals surface area contributed by atoms with Crippen LogP contribution < -0.4 is 0 Å². The molecule has 4 nitrogen and oxygen atoms in total. The Labute approximate surface area is 105 Å². The topological polar surface area (TPSA) is 32.7 Å². The molecule has 0 bridgehead atoms. The van der Waals surface area contributed by atoms with Crippen molar-refractivity contribution in [3.8, 4) is 0 Å². The van der Waals surface area contributed by atoms with Crippen molar-refractivity contribution in [1.82, 2.24) is 4.90 Å². The van der Waals surface area contributed by atoms with Gasteiger partial charge in [0.15, 0.2) is 6.23 Å². The van der Waals surface area contributed by atoms with Gasteiger partial charge in [-0.05, 0) is 18.8 Å². The number of likely N-dealkylation sites (N-methyl/N-ethyl adjacent to an activating group) is 1. The van der Waals surface area contributed by atoms with Crippen LogP contribution in [0.15, 0.2) is 0 Å². The summed E-state index contributed by atoms with van der Waals surface area (Å²) in [5.41, 5.74) is 0. The third-order valence-electron chi connectivity index (χ3n) is 4.39. The number of likely N-dealkylation sites (tertiary alicyclic amines) is 1. The van der Waals surface area contributed by atoms with Gasteiger partial charge in [-0.2, -0.15) is 0 Å². The maximum atomic E-state index is 10.3. The van der Waals surface area contributed by atoms with Gasteiger partial charge in [0.25, 0.3) is 0 Å². The highest BCUT2D eigenvalue weighted by Gasteiger charge is 2.31. The molecular formula is C13H27N2O2+. The molecule has 1 atom stereocenters. The minimum Gasteiger partial charge on any atom is -0.373 e. The summed E-state index contributed by atoms with van der Waals surface area (Å²) < 4.78 is 6.35. The third-order valence-corrected chi connectivity index (χ3v) is 4.39. The van der Waals surface area contributed by atoms with Gasteiger partial charge >= 0.3 is 0 Å². The number of nitrogens with zero attached hydrogens (tertiary/aromatic N) is 2. The van der Waals surface area contributed by atoms with Crippen molar-refractivity contribution in [3.63, 3.8) is 0 Å². The Kier molecular flexibility index (Phi) is 4.42. The van der Waals surface area contributed by atoms with E-state index in [1.165, 1.54) is 12.8 Å². The number of hydrogen-bond acceptors (Lipinski definition) is 3. The highest BCUT2D eigenvalue weighted by atomic mass is 16.5. The van der Waals surface area contributed by atoms with Gasteiger partial charge in [-0.25, -0.2) is 0 Å². The van der Waals surface area contributed by atoms with Gasteiger partial charge in [-0.1, -0.05) is 6.92 Å². The van der Waals surface area contributed by atoms with Crippen molar-refractivity contribution < 1.29 is 14.3 Å². The molecule has 2 saturated heterocycles. The summed E-state index contributed by atoms with van der Waals surface area (Å²) in [7, 11) is 2.23. The molecule has 17 heavy (non-hydrogen) atoms. The zero-order valence-corrected chi connectivity index (χ0v) is 11.3. The maximum absolute atomic E-state index is 10.3. The van der Waals surface area contributed by atoms with E-state index >= 15 is 0 Å². The van der Waals surface area contributed by atoms with Crippen LogP contribution in [0.4, 0.5) is 0 Å². The van der Waals surface area contributed by atoms with Crippen LogP contribution in [0.5, 0.6) is 0 Å². The molecule has 0 aliphatic carbocycles. The zero-order chi connectivity index (χ0) is 12.3. The molecule has 2 aliphatic rings. The molecule has 0 aromatic rings. The molecule has 0 saturated carbocycles. The van der Waals surface area contributed by atoms with Crippen molar-refractivity contribution in [1.29, 1.82) is 0 Å². The molecule has 0 amide bonds. The number of hydrogen-bond donors (Lipinski definition) is 1. The number of piperidine rings is 1. The minimum atomic E-state index is -0.273. The second kappa shape index (κ2) is 5.65. The van der Waals surface area contributed by atoms with Gasteiger partial charge in [0, 0.05) is 13.1 Å². The molecule has 2 fully saturated rings. The quantitative estimate of drug-likeness (QED) is 0.733. The Morgan fingerprint density at radius 1 is 1.29 bits per heavy atom. The van der Waals surface area contributed by atoms with E-state index < -0.39 is 0 Å². The van der Waals surface area contributed by atoms with E-state index in [1.807, 2.05) is 0 Å². The lowest BCUT2D eigenvalue weighted by atomic mass is 9.99. The van der Waals surface area contributed by atoms with E-state index in [-0.39, 0.29) is 6.23 Å². The first-order chi connectivity index (χ1) is 8.09. The molecule has 0 aromatic carbocycles. The van der Waals surface area contributed by atoms with Crippen LogP contribution >= 0.6 is 0 Å². The average Bonchev–Trinajstić information content (AvgIpc) is 2.30. The lowest BCUT2D eigenvalue weighted by Gasteiger charge is -2.42. The standard InChI is InChI=1S/C13H27N2O2/c1-12-3-5-14(6-4-12)13(16)11-15(2)7-9-17-10-8-15/h12-13,16H,3-11H2,1-2H3/q+1. The molecule has 4 heteroatoms. The maximum Gasteiger partial charge on any atom is 0.157 e. The van der Waals surface area contributed by atoms with E-state index in [9.17, 15) is 5.11 Å². The fourth-order valence-corrected chi connectivity index (χ4v) is 2.80. The summed E-state index contributed by atoms with van der Waals surface area (Å²) in [4.78, 5) is 2.25. The highest BCUT2D eigenvalue weighted by Crippen LogP contribution is 2.19. The number of morpholine rings is 1. The van der Waals surface area contributed by atoms with E-state index in [4.69, 9.17) is 4.74 Å². The summed E-state index contributed by atoms with van der Waals surface area (Å²) in [6.45, 7) is 8.98. The monoisotopic (exact) mass is 243 g/mol. The molecule has 100 valence electrons. The van der Waals surface area contributed by atoms with Gasteiger partial charge in [-0.15, -0.1) is 0 Å². The van der Waals surface area contributed by atoms with Crippen molar-refractivity contribution in [2.24, 2.45) is 5.92 Å². The summed E-state index contributed by atoms with van der Waals surface area (Å²) in [6.07, 6.45) is 2.18. The number of rotatable bonds is 3. The van der Waals surface area contributed by atoms with Crippen LogP contribution in [0.1, 0.15) is 19.8 Å². The van der Waals surface area contributed by atoms with Gasteiger partial charge < -0.3 is 14.3 Å². The molecule has 0 radical (unpaired) electrons. The molecule has 2 rings (SSSR count). The molecule has 1 N–H and O–H groups in total. The Hall–Kier alpha value is -0.160. The fourth-order valence-electron chi connectivity index (χ4n) is 2.80. The van der Waals surface area contributed by atoms with Crippen LogP contribution in [0.25, 0.3) is 0 Å². The van der Waals surface area contributed by atoms with Gasteiger partial charge in [-0.3, -0.25) is 4.90 Å². The molecular weight excluding hydrogens is 216 g/mol. The predicted molar refractivity (Wildman–Crippen MR) is 67.6 cm³/mol. The first kappa shape index (κ1) is 13.3. The van der Waals surface area contributed by atoms with Gasteiger partial charge in [0.1, 0.15) is 19.6 Å². The largest absolute Gasteiger partial charge is 0.373 e. The van der Waals surface area contributed by atoms with Crippen molar-refractivity contribution in [2.45, 2.75) is 26.0 Å². The van der Waals surface area contributed by atoms with E-state index in [2.05, 4.69) is 18.9 Å². The van der Waals surface area contributed by atoms with E-state index in [0.29, 0.717) is 0 Å². The van der Waals surface area contributed by atoms with E-state index in [0.717, 1.165) is 56.3 Å². The van der Waals surface area contributed by atoms with Gasteiger partial charge in [0.05, 0.1) is 20.3 Å². The summed E-state index contributed by atoms with van der Waals surface area (Å²) in [6, 6.07) is 0. The molecule has 2 aliphatic heterocycles. The molecule has 1 unspecified atom stereocenters. The van der Waals surface area contributed by atoms with Crippen molar-refractivity contribution >= 4 is 0 Å².